The molecule has 1 unspecified atom stereocenters. The molecule has 0 spiro atoms. The second-order valence-electron chi connectivity index (χ2n) is 5.95. The van der Waals surface area contributed by atoms with Crippen LogP contribution in [-0.4, -0.2) is 23.8 Å². The van der Waals surface area contributed by atoms with Crippen molar-refractivity contribution in [3.8, 4) is 0 Å². The molecule has 1 fully saturated rings. The fourth-order valence-corrected chi connectivity index (χ4v) is 1.80. The second kappa shape index (κ2) is 4.62. The summed E-state index contributed by atoms with van der Waals surface area (Å²) < 4.78 is 5.25. The average molecular weight is 228 g/mol. The van der Waals surface area contributed by atoms with E-state index in [0.29, 0.717) is 12.5 Å². The van der Waals surface area contributed by atoms with E-state index in [2.05, 4.69) is 12.2 Å². The summed E-state index contributed by atoms with van der Waals surface area (Å²) in [5.41, 5.74) is 5.12. The maximum Gasteiger partial charge on any atom is 0.408 e. The number of rotatable bonds is 4. The smallest absolute Gasteiger partial charge is 0.408 e. The van der Waals surface area contributed by atoms with E-state index in [4.69, 9.17) is 10.5 Å². The van der Waals surface area contributed by atoms with Gasteiger partial charge in [0.1, 0.15) is 5.60 Å². The van der Waals surface area contributed by atoms with Crippen LogP contribution in [0.3, 0.4) is 0 Å². The molecular weight excluding hydrogens is 204 g/mol. The van der Waals surface area contributed by atoms with Crippen LogP contribution in [0.25, 0.3) is 0 Å². The van der Waals surface area contributed by atoms with Crippen LogP contribution in [0.2, 0.25) is 0 Å². The van der Waals surface area contributed by atoms with Gasteiger partial charge in [0.15, 0.2) is 0 Å². The van der Waals surface area contributed by atoms with Gasteiger partial charge in [-0.1, -0.05) is 6.92 Å². The Morgan fingerprint density at radius 2 is 2.06 bits per heavy atom. The SMILES string of the molecule is CC(CN)CC1(NC(=O)OC(C)(C)C)CC1. The molecule has 0 bridgehead atoms. The zero-order valence-corrected chi connectivity index (χ0v) is 10.8. The van der Waals surface area contributed by atoms with Crippen LogP contribution in [0.5, 0.6) is 0 Å². The predicted octanol–water partition coefficient (Wildman–Crippen LogP) is 2.03. The van der Waals surface area contributed by atoms with Crippen LogP contribution < -0.4 is 11.1 Å². The molecule has 1 atom stereocenters. The van der Waals surface area contributed by atoms with Gasteiger partial charge in [0.25, 0.3) is 0 Å². The number of nitrogens with one attached hydrogen (secondary N) is 1. The monoisotopic (exact) mass is 228 g/mol. The van der Waals surface area contributed by atoms with E-state index in [9.17, 15) is 4.79 Å². The number of ether oxygens (including phenoxy) is 1. The Morgan fingerprint density at radius 1 is 1.50 bits per heavy atom. The Balaban J connectivity index is 2.39. The van der Waals surface area contributed by atoms with Crippen molar-refractivity contribution < 1.29 is 9.53 Å². The molecule has 1 saturated carbocycles. The van der Waals surface area contributed by atoms with Gasteiger partial charge in [-0.3, -0.25) is 0 Å². The quantitative estimate of drug-likeness (QED) is 0.773. The van der Waals surface area contributed by atoms with E-state index in [0.717, 1.165) is 19.3 Å². The lowest BCUT2D eigenvalue weighted by Crippen LogP contribution is -2.42. The molecule has 0 saturated heterocycles. The highest BCUT2D eigenvalue weighted by atomic mass is 16.6. The van der Waals surface area contributed by atoms with Crippen molar-refractivity contribution in [3.63, 3.8) is 0 Å². The van der Waals surface area contributed by atoms with Crippen molar-refractivity contribution in [2.45, 2.75) is 58.1 Å². The predicted molar refractivity (Wildman–Crippen MR) is 64.2 cm³/mol. The van der Waals surface area contributed by atoms with Gasteiger partial charge in [-0.25, -0.2) is 4.79 Å². The van der Waals surface area contributed by atoms with E-state index >= 15 is 0 Å². The van der Waals surface area contributed by atoms with Gasteiger partial charge in [0.05, 0.1) is 0 Å². The molecule has 3 N–H and O–H groups in total. The minimum absolute atomic E-state index is 0.0406. The lowest BCUT2D eigenvalue weighted by atomic mass is 10.0. The summed E-state index contributed by atoms with van der Waals surface area (Å²) in [6.07, 6.45) is 2.71. The molecule has 0 heterocycles. The summed E-state index contributed by atoms with van der Waals surface area (Å²) in [6, 6.07) is 0. The third kappa shape index (κ3) is 4.39. The largest absolute Gasteiger partial charge is 0.444 e. The molecule has 16 heavy (non-hydrogen) atoms. The van der Waals surface area contributed by atoms with Crippen molar-refractivity contribution in [3.05, 3.63) is 0 Å². The second-order valence-corrected chi connectivity index (χ2v) is 5.95. The Kier molecular flexibility index (Phi) is 3.84. The Bertz CT molecular complexity index is 254. The minimum Gasteiger partial charge on any atom is -0.444 e. The maximum atomic E-state index is 11.6. The summed E-state index contributed by atoms with van der Waals surface area (Å²) >= 11 is 0. The van der Waals surface area contributed by atoms with Crippen LogP contribution in [0.1, 0.15) is 47.0 Å². The first-order valence-corrected chi connectivity index (χ1v) is 5.98. The Morgan fingerprint density at radius 3 is 2.44 bits per heavy atom. The molecule has 4 nitrogen and oxygen atoms in total. The van der Waals surface area contributed by atoms with Crippen LogP contribution >= 0.6 is 0 Å². The van der Waals surface area contributed by atoms with Crippen molar-refractivity contribution in [2.75, 3.05) is 6.54 Å². The molecule has 4 heteroatoms. The van der Waals surface area contributed by atoms with Crippen LogP contribution in [0.15, 0.2) is 0 Å². The highest BCUT2D eigenvalue weighted by Crippen LogP contribution is 2.41. The normalized spacial score (nSPS) is 20.1. The fourth-order valence-electron chi connectivity index (χ4n) is 1.80. The number of carbonyl (C=O) groups is 1. The lowest BCUT2D eigenvalue weighted by Gasteiger charge is -2.24. The molecule has 0 aromatic carbocycles. The summed E-state index contributed by atoms with van der Waals surface area (Å²) in [4.78, 5) is 11.6. The van der Waals surface area contributed by atoms with E-state index in [1.807, 2.05) is 20.8 Å². The first-order valence-electron chi connectivity index (χ1n) is 5.98. The first kappa shape index (κ1) is 13.3. The van der Waals surface area contributed by atoms with Gasteiger partial charge in [0.2, 0.25) is 0 Å². The molecule has 0 aromatic rings. The van der Waals surface area contributed by atoms with Crippen molar-refractivity contribution in [2.24, 2.45) is 11.7 Å². The fraction of sp³-hybridized carbons (Fsp3) is 0.917. The van der Waals surface area contributed by atoms with Crippen LogP contribution in [-0.2, 0) is 4.74 Å². The lowest BCUT2D eigenvalue weighted by molar-refractivity contribution is 0.0489. The molecule has 1 amide bonds. The number of alkyl carbamates (subject to hydrolysis) is 1. The van der Waals surface area contributed by atoms with Gasteiger partial charge >= 0.3 is 6.09 Å². The zero-order valence-electron chi connectivity index (χ0n) is 10.8. The zero-order chi connectivity index (χ0) is 12.4. The van der Waals surface area contributed by atoms with Gasteiger partial charge in [-0.2, -0.15) is 0 Å². The number of hydrogen-bond acceptors (Lipinski definition) is 3. The highest BCUT2D eigenvalue weighted by Gasteiger charge is 2.45. The maximum absolute atomic E-state index is 11.6. The van der Waals surface area contributed by atoms with Crippen molar-refractivity contribution >= 4 is 6.09 Å². The van der Waals surface area contributed by atoms with E-state index in [1.54, 1.807) is 0 Å². The summed E-state index contributed by atoms with van der Waals surface area (Å²) in [7, 11) is 0. The molecule has 0 radical (unpaired) electrons. The number of carbonyl (C=O) groups excluding carboxylic acids is 1. The van der Waals surface area contributed by atoms with Gasteiger partial charge < -0.3 is 15.8 Å². The summed E-state index contributed by atoms with van der Waals surface area (Å²) in [5.74, 6) is 0.442. The van der Waals surface area contributed by atoms with Crippen molar-refractivity contribution in [1.29, 1.82) is 0 Å². The molecule has 94 valence electrons. The van der Waals surface area contributed by atoms with E-state index < -0.39 is 5.60 Å². The molecular formula is C12H24N2O2. The molecule has 1 aliphatic rings. The minimum atomic E-state index is -0.431. The van der Waals surface area contributed by atoms with E-state index in [-0.39, 0.29) is 11.6 Å². The van der Waals surface area contributed by atoms with E-state index in [1.165, 1.54) is 0 Å². The highest BCUT2D eigenvalue weighted by molar-refractivity contribution is 5.69. The standard InChI is InChI=1S/C12H24N2O2/c1-9(8-13)7-12(5-6-12)14-10(15)16-11(2,3)4/h9H,5-8,13H2,1-4H3,(H,14,15). The van der Waals surface area contributed by atoms with Gasteiger partial charge in [-0.05, 0) is 52.5 Å². The number of amides is 1. The topological polar surface area (TPSA) is 64.3 Å². The van der Waals surface area contributed by atoms with Crippen LogP contribution in [0.4, 0.5) is 4.79 Å². The summed E-state index contributed by atoms with van der Waals surface area (Å²) in [6.45, 7) is 8.38. The summed E-state index contributed by atoms with van der Waals surface area (Å²) in [5, 5.41) is 2.97. The third-order valence-corrected chi connectivity index (χ3v) is 2.76. The molecule has 0 aliphatic heterocycles. The van der Waals surface area contributed by atoms with Gasteiger partial charge in [-0.15, -0.1) is 0 Å². The first-order chi connectivity index (χ1) is 7.26. The average Bonchev–Trinajstić information content (AvgIpc) is 2.80. The molecule has 1 aliphatic carbocycles. The number of nitrogens with two attached hydrogens (primary N) is 1. The Labute approximate surface area is 97.9 Å². The third-order valence-electron chi connectivity index (χ3n) is 2.76. The molecule has 1 rings (SSSR count). The van der Waals surface area contributed by atoms with Crippen LogP contribution in [0, 0.1) is 5.92 Å². The molecule has 0 aromatic heterocycles. The number of hydrogen-bond donors (Lipinski definition) is 2. The van der Waals surface area contributed by atoms with Gasteiger partial charge in [0, 0.05) is 5.54 Å². The Hall–Kier alpha value is -0.770. The van der Waals surface area contributed by atoms with Crippen molar-refractivity contribution in [1.82, 2.24) is 5.32 Å².